The van der Waals surface area contributed by atoms with E-state index in [4.69, 9.17) is 0 Å². The monoisotopic (exact) mass is 460 g/mol. The molecule has 2 aromatic heterocycles. The number of piperazine rings is 1. The van der Waals surface area contributed by atoms with Gasteiger partial charge in [-0.3, -0.25) is 9.48 Å². The predicted octanol–water partition coefficient (Wildman–Crippen LogP) is 3.07. The zero-order chi connectivity index (χ0) is 20.5. The number of carbonyl (C=O) groups is 1. The quantitative estimate of drug-likeness (QED) is 0.600. The molecule has 1 aromatic carbocycles. The molecule has 1 amide bonds. The number of hydrogen-bond donors (Lipinski definition) is 0. The van der Waals surface area contributed by atoms with Crippen molar-refractivity contribution in [2.24, 2.45) is 0 Å². The van der Waals surface area contributed by atoms with Gasteiger partial charge in [-0.25, -0.2) is 9.07 Å². The van der Waals surface area contributed by atoms with E-state index < -0.39 is 0 Å². The van der Waals surface area contributed by atoms with Crippen molar-refractivity contribution in [1.82, 2.24) is 24.5 Å². The molecular formula is C20H22BrFN6O. The summed E-state index contributed by atoms with van der Waals surface area (Å²) < 4.78 is 17.7. The highest BCUT2D eigenvalue weighted by Crippen LogP contribution is 2.20. The fourth-order valence-electron chi connectivity index (χ4n) is 3.49. The third-order valence-electron chi connectivity index (χ3n) is 5.19. The first kappa shape index (κ1) is 19.6. The van der Waals surface area contributed by atoms with E-state index in [1.165, 1.54) is 12.1 Å². The van der Waals surface area contributed by atoms with Crippen molar-refractivity contribution >= 4 is 27.5 Å². The minimum atomic E-state index is -0.244. The van der Waals surface area contributed by atoms with Crippen LogP contribution in [0.5, 0.6) is 0 Å². The molecule has 9 heteroatoms. The molecule has 4 rings (SSSR count). The maximum atomic E-state index is 13.1. The second-order valence-corrected chi connectivity index (χ2v) is 7.91. The lowest BCUT2D eigenvalue weighted by Crippen LogP contribution is -2.48. The van der Waals surface area contributed by atoms with Crippen LogP contribution in [0, 0.1) is 19.7 Å². The molecule has 3 aromatic rings. The number of amides is 1. The summed E-state index contributed by atoms with van der Waals surface area (Å²) in [6, 6.07) is 8.20. The van der Waals surface area contributed by atoms with Crippen molar-refractivity contribution in [1.29, 1.82) is 0 Å². The van der Waals surface area contributed by atoms with Gasteiger partial charge in [0.25, 0.3) is 5.91 Å². The van der Waals surface area contributed by atoms with Gasteiger partial charge >= 0.3 is 0 Å². The Morgan fingerprint density at radius 2 is 1.76 bits per heavy atom. The Morgan fingerprint density at radius 1 is 1.07 bits per heavy atom. The van der Waals surface area contributed by atoms with Crippen molar-refractivity contribution in [3.8, 4) is 0 Å². The summed E-state index contributed by atoms with van der Waals surface area (Å²) in [7, 11) is 0. The van der Waals surface area contributed by atoms with Gasteiger partial charge in [0.15, 0.2) is 0 Å². The van der Waals surface area contributed by atoms with Gasteiger partial charge in [0.2, 0.25) is 0 Å². The van der Waals surface area contributed by atoms with Gasteiger partial charge in [0, 0.05) is 38.1 Å². The Morgan fingerprint density at radius 3 is 2.38 bits per heavy atom. The SMILES string of the molecule is Cc1nn(Cn2ccc(C(=O)N3CCN(c4ccc(F)cc4)CC3)n2)c(C)c1Br. The molecule has 0 radical (unpaired) electrons. The third-order valence-corrected chi connectivity index (χ3v) is 6.34. The molecule has 0 N–H and O–H groups in total. The maximum absolute atomic E-state index is 13.1. The summed E-state index contributed by atoms with van der Waals surface area (Å²) in [5.74, 6) is -0.317. The van der Waals surface area contributed by atoms with Crippen LogP contribution < -0.4 is 4.90 Å². The lowest BCUT2D eigenvalue weighted by molar-refractivity contribution is 0.0739. The molecular weight excluding hydrogens is 439 g/mol. The van der Waals surface area contributed by atoms with Crippen LogP contribution in [0.2, 0.25) is 0 Å². The summed E-state index contributed by atoms with van der Waals surface area (Å²) in [5, 5.41) is 8.92. The Kier molecular flexibility index (Phi) is 5.40. The van der Waals surface area contributed by atoms with E-state index in [2.05, 4.69) is 31.0 Å². The topological polar surface area (TPSA) is 59.2 Å². The number of halogens is 2. The summed E-state index contributed by atoms with van der Waals surface area (Å²) in [6.07, 6.45) is 1.80. The Balaban J connectivity index is 1.38. The largest absolute Gasteiger partial charge is 0.368 e. The highest BCUT2D eigenvalue weighted by atomic mass is 79.9. The molecule has 1 saturated heterocycles. The summed E-state index contributed by atoms with van der Waals surface area (Å²) in [5.41, 5.74) is 3.34. The third kappa shape index (κ3) is 4.05. The van der Waals surface area contributed by atoms with Gasteiger partial charge in [-0.1, -0.05) is 0 Å². The van der Waals surface area contributed by atoms with Crippen LogP contribution in [-0.4, -0.2) is 56.5 Å². The minimum Gasteiger partial charge on any atom is -0.368 e. The molecule has 1 fully saturated rings. The molecule has 0 spiro atoms. The predicted molar refractivity (Wildman–Crippen MR) is 112 cm³/mol. The van der Waals surface area contributed by atoms with Gasteiger partial charge in [-0.05, 0) is 60.1 Å². The number of nitrogens with zero attached hydrogens (tertiary/aromatic N) is 6. The highest BCUT2D eigenvalue weighted by Gasteiger charge is 2.24. The average Bonchev–Trinajstić information content (AvgIpc) is 3.29. The molecule has 1 aliphatic rings. The Hall–Kier alpha value is -2.68. The van der Waals surface area contributed by atoms with Crippen molar-refractivity contribution < 1.29 is 9.18 Å². The molecule has 152 valence electrons. The Labute approximate surface area is 176 Å². The lowest BCUT2D eigenvalue weighted by atomic mass is 10.2. The molecule has 0 saturated carbocycles. The van der Waals surface area contributed by atoms with Gasteiger partial charge in [-0.2, -0.15) is 10.2 Å². The van der Waals surface area contributed by atoms with E-state index in [1.807, 2.05) is 23.4 Å². The fraction of sp³-hybridized carbons (Fsp3) is 0.350. The van der Waals surface area contributed by atoms with Crippen molar-refractivity contribution in [3.05, 3.63) is 63.9 Å². The molecule has 3 heterocycles. The van der Waals surface area contributed by atoms with E-state index in [-0.39, 0.29) is 11.7 Å². The second-order valence-electron chi connectivity index (χ2n) is 7.12. The van der Waals surface area contributed by atoms with Gasteiger partial charge in [-0.15, -0.1) is 0 Å². The zero-order valence-electron chi connectivity index (χ0n) is 16.3. The molecule has 7 nitrogen and oxygen atoms in total. The second kappa shape index (κ2) is 7.98. The number of hydrogen-bond acceptors (Lipinski definition) is 4. The van der Waals surface area contributed by atoms with Crippen LogP contribution in [0.25, 0.3) is 0 Å². The first-order valence-corrected chi connectivity index (χ1v) is 10.2. The number of aryl methyl sites for hydroxylation is 1. The molecule has 1 aliphatic heterocycles. The average molecular weight is 461 g/mol. The number of anilines is 1. The number of carbonyl (C=O) groups excluding carboxylic acids is 1. The molecule has 0 atom stereocenters. The number of benzene rings is 1. The molecule has 0 aliphatic carbocycles. The number of aromatic nitrogens is 4. The lowest BCUT2D eigenvalue weighted by Gasteiger charge is -2.35. The molecule has 0 bridgehead atoms. The molecule has 29 heavy (non-hydrogen) atoms. The standard InChI is InChI=1S/C20H22BrFN6O/c1-14-19(21)15(2)28(23-14)13-27-8-7-18(24-27)20(29)26-11-9-25(10-12-26)17-5-3-16(22)4-6-17/h3-8H,9-13H2,1-2H3. The van der Waals surface area contributed by atoms with Gasteiger partial charge in [0.1, 0.15) is 18.2 Å². The van der Waals surface area contributed by atoms with Crippen LogP contribution in [-0.2, 0) is 6.67 Å². The fourth-order valence-corrected chi connectivity index (χ4v) is 3.77. The van der Waals surface area contributed by atoms with Crippen LogP contribution >= 0.6 is 15.9 Å². The van der Waals surface area contributed by atoms with Crippen molar-refractivity contribution in [2.45, 2.75) is 20.5 Å². The van der Waals surface area contributed by atoms with Crippen LogP contribution in [0.1, 0.15) is 21.9 Å². The summed E-state index contributed by atoms with van der Waals surface area (Å²) >= 11 is 3.52. The maximum Gasteiger partial charge on any atom is 0.274 e. The molecule has 0 unspecified atom stereocenters. The smallest absolute Gasteiger partial charge is 0.274 e. The van der Waals surface area contributed by atoms with E-state index >= 15 is 0 Å². The van der Waals surface area contributed by atoms with E-state index in [0.29, 0.717) is 38.5 Å². The van der Waals surface area contributed by atoms with E-state index in [1.54, 1.807) is 29.1 Å². The van der Waals surface area contributed by atoms with Crippen molar-refractivity contribution in [3.63, 3.8) is 0 Å². The van der Waals surface area contributed by atoms with Gasteiger partial charge in [0.05, 0.1) is 15.9 Å². The van der Waals surface area contributed by atoms with E-state index in [9.17, 15) is 9.18 Å². The normalized spacial score (nSPS) is 14.5. The first-order valence-electron chi connectivity index (χ1n) is 9.45. The Bertz CT molecular complexity index is 1020. The van der Waals surface area contributed by atoms with Crippen LogP contribution in [0.3, 0.4) is 0 Å². The first-order chi connectivity index (χ1) is 13.9. The summed E-state index contributed by atoms with van der Waals surface area (Å²) in [6.45, 7) is 7.00. The van der Waals surface area contributed by atoms with Gasteiger partial charge < -0.3 is 9.80 Å². The van der Waals surface area contributed by atoms with Crippen LogP contribution in [0.4, 0.5) is 10.1 Å². The van der Waals surface area contributed by atoms with E-state index in [0.717, 1.165) is 21.5 Å². The van der Waals surface area contributed by atoms with Crippen LogP contribution in [0.15, 0.2) is 41.0 Å². The highest BCUT2D eigenvalue weighted by molar-refractivity contribution is 9.10. The minimum absolute atomic E-state index is 0.0722. The van der Waals surface area contributed by atoms with Crippen molar-refractivity contribution in [2.75, 3.05) is 31.1 Å². The summed E-state index contributed by atoms with van der Waals surface area (Å²) in [4.78, 5) is 16.8. The number of rotatable bonds is 4. The zero-order valence-corrected chi connectivity index (χ0v) is 17.9.